The molecule has 6 nitrogen and oxygen atoms in total. The molecule has 0 spiro atoms. The van der Waals surface area contributed by atoms with Gasteiger partial charge in [0.1, 0.15) is 0 Å². The van der Waals surface area contributed by atoms with Gasteiger partial charge in [0.2, 0.25) is 12.5 Å². The fourth-order valence-electron chi connectivity index (χ4n) is 2.30. The largest absolute Gasteiger partial charge is 0.493 e. The third-order valence-electron chi connectivity index (χ3n) is 3.33. The van der Waals surface area contributed by atoms with Gasteiger partial charge in [-0.05, 0) is 30.2 Å². The first-order valence-electron chi connectivity index (χ1n) is 6.92. The maximum Gasteiger partial charge on any atom is 0.231 e. The summed E-state index contributed by atoms with van der Waals surface area (Å²) in [5, 5.41) is 7.64. The zero-order valence-corrected chi connectivity index (χ0v) is 12.3. The molecule has 1 aliphatic rings. The number of nitrogens with one attached hydrogen (secondary N) is 1. The molecule has 2 aromatic rings. The van der Waals surface area contributed by atoms with E-state index in [1.807, 2.05) is 36.1 Å². The molecule has 112 valence electrons. The van der Waals surface area contributed by atoms with Crippen LogP contribution in [0.5, 0.6) is 17.2 Å². The topological polar surface area (TPSA) is 57.5 Å². The molecule has 1 N–H and O–H groups in total. The van der Waals surface area contributed by atoms with E-state index in [2.05, 4.69) is 10.4 Å². The summed E-state index contributed by atoms with van der Waals surface area (Å²) in [5.41, 5.74) is 2.28. The maximum absolute atomic E-state index is 5.42. The van der Waals surface area contributed by atoms with Crippen LogP contribution in [-0.2, 0) is 13.1 Å². The summed E-state index contributed by atoms with van der Waals surface area (Å²) in [4.78, 5) is 0. The standard InChI is InChI=1S/C15H19N3O3/c1-11-7-17-18(9-11)4-3-16-8-12-5-13(19-2)15-14(6-12)20-10-21-15/h5-7,9,16H,3-4,8,10H2,1-2H3. The quantitative estimate of drug-likeness (QED) is 0.821. The Kier molecular flexibility index (Phi) is 3.96. The molecule has 6 heteroatoms. The molecule has 0 unspecified atom stereocenters. The van der Waals surface area contributed by atoms with Gasteiger partial charge in [0, 0.05) is 19.3 Å². The smallest absolute Gasteiger partial charge is 0.231 e. The summed E-state index contributed by atoms with van der Waals surface area (Å²) in [7, 11) is 1.63. The zero-order chi connectivity index (χ0) is 14.7. The van der Waals surface area contributed by atoms with Gasteiger partial charge in [-0.2, -0.15) is 5.10 Å². The highest BCUT2D eigenvalue weighted by atomic mass is 16.7. The zero-order valence-electron chi connectivity index (χ0n) is 12.3. The number of benzene rings is 1. The van der Waals surface area contributed by atoms with Crippen molar-refractivity contribution in [3.05, 3.63) is 35.7 Å². The molecule has 3 rings (SSSR count). The predicted octanol–water partition coefficient (Wildman–Crippen LogP) is 1.72. The van der Waals surface area contributed by atoms with Crippen LogP contribution in [0.25, 0.3) is 0 Å². The monoisotopic (exact) mass is 289 g/mol. The van der Waals surface area contributed by atoms with Crippen LogP contribution in [0.4, 0.5) is 0 Å². The van der Waals surface area contributed by atoms with Gasteiger partial charge in [-0.1, -0.05) is 0 Å². The van der Waals surface area contributed by atoms with Gasteiger partial charge in [-0.25, -0.2) is 0 Å². The molecule has 0 saturated heterocycles. The normalized spacial score (nSPS) is 12.7. The molecule has 0 fully saturated rings. The average Bonchev–Trinajstić information content (AvgIpc) is 3.11. The Morgan fingerprint density at radius 3 is 3.05 bits per heavy atom. The minimum absolute atomic E-state index is 0.251. The van der Waals surface area contributed by atoms with Crippen molar-refractivity contribution in [3.63, 3.8) is 0 Å². The van der Waals surface area contributed by atoms with Crippen LogP contribution in [0.1, 0.15) is 11.1 Å². The second kappa shape index (κ2) is 6.05. The van der Waals surface area contributed by atoms with Crippen LogP contribution in [0, 0.1) is 6.92 Å². The number of hydrogen-bond acceptors (Lipinski definition) is 5. The lowest BCUT2D eigenvalue weighted by Crippen LogP contribution is -2.19. The molecule has 1 aliphatic heterocycles. The van der Waals surface area contributed by atoms with Crippen molar-refractivity contribution < 1.29 is 14.2 Å². The summed E-state index contributed by atoms with van der Waals surface area (Å²) in [5.74, 6) is 2.15. The van der Waals surface area contributed by atoms with E-state index in [0.717, 1.165) is 30.9 Å². The van der Waals surface area contributed by atoms with E-state index < -0.39 is 0 Å². The van der Waals surface area contributed by atoms with Gasteiger partial charge in [-0.3, -0.25) is 4.68 Å². The van der Waals surface area contributed by atoms with Crippen molar-refractivity contribution in [1.29, 1.82) is 0 Å². The summed E-state index contributed by atoms with van der Waals surface area (Å²) in [6, 6.07) is 3.95. The van der Waals surface area contributed by atoms with Crippen molar-refractivity contribution in [2.45, 2.75) is 20.0 Å². The molecule has 1 aromatic carbocycles. The molecule has 21 heavy (non-hydrogen) atoms. The highest BCUT2D eigenvalue weighted by Gasteiger charge is 2.19. The molecule has 0 amide bonds. The van der Waals surface area contributed by atoms with Gasteiger partial charge >= 0.3 is 0 Å². The summed E-state index contributed by atoms with van der Waals surface area (Å²) in [6.45, 7) is 4.72. The van der Waals surface area contributed by atoms with Gasteiger partial charge < -0.3 is 19.5 Å². The Hall–Kier alpha value is -2.21. The van der Waals surface area contributed by atoms with E-state index >= 15 is 0 Å². The van der Waals surface area contributed by atoms with Crippen LogP contribution < -0.4 is 19.5 Å². The van der Waals surface area contributed by atoms with Crippen molar-refractivity contribution in [2.75, 3.05) is 20.4 Å². The fraction of sp³-hybridized carbons (Fsp3) is 0.400. The van der Waals surface area contributed by atoms with Crippen LogP contribution in [0.15, 0.2) is 24.5 Å². The predicted molar refractivity (Wildman–Crippen MR) is 77.8 cm³/mol. The number of methoxy groups -OCH3 is 1. The Morgan fingerprint density at radius 1 is 1.38 bits per heavy atom. The summed E-state index contributed by atoms with van der Waals surface area (Å²) >= 11 is 0. The first kappa shape index (κ1) is 13.8. The van der Waals surface area contributed by atoms with Crippen LogP contribution in [0.3, 0.4) is 0 Å². The van der Waals surface area contributed by atoms with E-state index in [4.69, 9.17) is 14.2 Å². The van der Waals surface area contributed by atoms with E-state index in [-0.39, 0.29) is 6.79 Å². The number of hydrogen-bond donors (Lipinski definition) is 1. The molecule has 0 radical (unpaired) electrons. The fourth-order valence-corrected chi connectivity index (χ4v) is 2.30. The van der Waals surface area contributed by atoms with Gasteiger partial charge in [-0.15, -0.1) is 0 Å². The Morgan fingerprint density at radius 2 is 2.29 bits per heavy atom. The second-order valence-corrected chi connectivity index (χ2v) is 4.99. The summed E-state index contributed by atoms with van der Waals surface area (Å²) < 4.78 is 18.1. The molecule has 2 heterocycles. The molecule has 1 aromatic heterocycles. The molecule has 0 aliphatic carbocycles. The summed E-state index contributed by atoms with van der Waals surface area (Å²) in [6.07, 6.45) is 3.90. The Labute approximate surface area is 123 Å². The number of aryl methyl sites for hydroxylation is 1. The minimum Gasteiger partial charge on any atom is -0.493 e. The van der Waals surface area contributed by atoms with Gasteiger partial charge in [0.15, 0.2) is 11.5 Å². The number of ether oxygens (including phenoxy) is 3. The lowest BCUT2D eigenvalue weighted by Gasteiger charge is -2.09. The molecular formula is C15H19N3O3. The van der Waals surface area contributed by atoms with Crippen molar-refractivity contribution in [3.8, 4) is 17.2 Å². The minimum atomic E-state index is 0.251. The third kappa shape index (κ3) is 3.11. The van der Waals surface area contributed by atoms with Gasteiger partial charge in [0.05, 0.1) is 19.9 Å². The van der Waals surface area contributed by atoms with Gasteiger partial charge in [0.25, 0.3) is 0 Å². The molecule has 0 bridgehead atoms. The Balaban J connectivity index is 1.56. The van der Waals surface area contributed by atoms with Crippen LogP contribution in [0.2, 0.25) is 0 Å². The maximum atomic E-state index is 5.42. The average molecular weight is 289 g/mol. The highest BCUT2D eigenvalue weighted by Crippen LogP contribution is 2.41. The van der Waals surface area contributed by atoms with E-state index in [1.54, 1.807) is 7.11 Å². The lowest BCUT2D eigenvalue weighted by atomic mass is 10.2. The van der Waals surface area contributed by atoms with E-state index in [0.29, 0.717) is 11.5 Å². The number of nitrogens with zero attached hydrogens (tertiary/aromatic N) is 2. The molecular weight excluding hydrogens is 270 g/mol. The first-order valence-corrected chi connectivity index (χ1v) is 6.92. The van der Waals surface area contributed by atoms with Crippen molar-refractivity contribution in [1.82, 2.24) is 15.1 Å². The molecule has 0 saturated carbocycles. The third-order valence-corrected chi connectivity index (χ3v) is 3.33. The number of fused-ring (bicyclic) bond motifs is 1. The van der Waals surface area contributed by atoms with E-state index in [1.165, 1.54) is 5.56 Å². The number of rotatable bonds is 6. The van der Waals surface area contributed by atoms with E-state index in [9.17, 15) is 0 Å². The van der Waals surface area contributed by atoms with Crippen molar-refractivity contribution in [2.24, 2.45) is 0 Å². The highest BCUT2D eigenvalue weighted by molar-refractivity contribution is 5.55. The first-order chi connectivity index (χ1) is 10.3. The SMILES string of the molecule is COc1cc(CNCCn2cc(C)cn2)cc2c1OCO2. The lowest BCUT2D eigenvalue weighted by molar-refractivity contribution is 0.171. The van der Waals surface area contributed by atoms with Crippen molar-refractivity contribution >= 4 is 0 Å². The number of aromatic nitrogens is 2. The molecule has 0 atom stereocenters. The van der Waals surface area contributed by atoms with Crippen LogP contribution in [-0.4, -0.2) is 30.2 Å². The second-order valence-electron chi connectivity index (χ2n) is 4.99. The Bertz CT molecular complexity index is 625. The van der Waals surface area contributed by atoms with Crippen LogP contribution >= 0.6 is 0 Å².